The summed E-state index contributed by atoms with van der Waals surface area (Å²) in [4.78, 5) is 33.3. The molecule has 3 heterocycles. The fourth-order valence-electron chi connectivity index (χ4n) is 3.85. The van der Waals surface area contributed by atoms with E-state index in [0.29, 0.717) is 25.6 Å². The monoisotopic (exact) mass is 533 g/mol. The number of thioether (sulfide) groups is 1. The van der Waals surface area contributed by atoms with E-state index in [0.717, 1.165) is 28.5 Å². The zero-order chi connectivity index (χ0) is 25.4. The number of halogens is 1. The van der Waals surface area contributed by atoms with Gasteiger partial charge >= 0.3 is 0 Å². The minimum Gasteiger partial charge on any atom is -0.438 e. The molecule has 0 radical (unpaired) electrons. The van der Waals surface area contributed by atoms with Crippen LogP contribution in [0.15, 0.2) is 76.6 Å². The number of aryl methyl sites for hydroxylation is 2. The molecule has 0 saturated carbocycles. The van der Waals surface area contributed by atoms with Gasteiger partial charge in [0.2, 0.25) is 5.88 Å². The van der Waals surface area contributed by atoms with E-state index < -0.39 is 0 Å². The maximum atomic E-state index is 13.6. The van der Waals surface area contributed by atoms with Gasteiger partial charge in [0.1, 0.15) is 21.3 Å². The Balaban J connectivity index is 1.59. The van der Waals surface area contributed by atoms with Crippen molar-refractivity contribution in [3.05, 3.63) is 109 Å². The Hall–Kier alpha value is -3.46. The van der Waals surface area contributed by atoms with E-state index in [9.17, 15) is 9.59 Å². The second kappa shape index (κ2) is 9.89. The van der Waals surface area contributed by atoms with E-state index in [1.807, 2.05) is 56.3 Å². The van der Waals surface area contributed by atoms with E-state index in [4.69, 9.17) is 28.6 Å². The van der Waals surface area contributed by atoms with Crippen molar-refractivity contribution in [1.29, 1.82) is 0 Å². The largest absolute Gasteiger partial charge is 0.438 e. The van der Waals surface area contributed by atoms with Crippen molar-refractivity contribution in [2.45, 2.75) is 20.4 Å². The number of ether oxygens (including phenoxy) is 1. The number of rotatable bonds is 5. The van der Waals surface area contributed by atoms with Gasteiger partial charge in [-0.1, -0.05) is 72.0 Å². The summed E-state index contributed by atoms with van der Waals surface area (Å²) in [6.07, 6.45) is 3.16. The van der Waals surface area contributed by atoms with Crippen molar-refractivity contribution in [2.75, 3.05) is 0 Å². The number of fused-ring (bicyclic) bond motifs is 1. The summed E-state index contributed by atoms with van der Waals surface area (Å²) in [7, 11) is 0. The van der Waals surface area contributed by atoms with E-state index in [1.54, 1.807) is 24.4 Å². The van der Waals surface area contributed by atoms with Gasteiger partial charge in [0, 0.05) is 11.2 Å². The number of pyridine rings is 1. The molecule has 9 heteroatoms. The van der Waals surface area contributed by atoms with Gasteiger partial charge in [0.15, 0.2) is 0 Å². The van der Waals surface area contributed by atoms with Crippen LogP contribution < -0.4 is 10.3 Å². The summed E-state index contributed by atoms with van der Waals surface area (Å²) < 4.78 is 7.93. The Bertz CT molecular complexity index is 1630. The lowest BCUT2D eigenvalue weighted by molar-refractivity contribution is -0.122. The van der Waals surface area contributed by atoms with Gasteiger partial charge in [-0.3, -0.25) is 18.9 Å². The smallest absolute Gasteiger partial charge is 0.269 e. The third-order valence-electron chi connectivity index (χ3n) is 5.69. The first-order chi connectivity index (χ1) is 17.3. The minimum absolute atomic E-state index is 0.122. The molecule has 1 aliphatic rings. The van der Waals surface area contributed by atoms with Gasteiger partial charge in [-0.05, 0) is 60.9 Å². The molecule has 0 unspecified atom stereocenters. The second-order valence-electron chi connectivity index (χ2n) is 8.30. The Morgan fingerprint density at radius 3 is 2.67 bits per heavy atom. The highest BCUT2D eigenvalue weighted by Gasteiger charge is 2.33. The van der Waals surface area contributed by atoms with Gasteiger partial charge in [0.25, 0.3) is 11.5 Å². The fourth-order valence-corrected chi connectivity index (χ4v) is 5.28. The van der Waals surface area contributed by atoms with E-state index >= 15 is 0 Å². The van der Waals surface area contributed by atoms with Gasteiger partial charge in [-0.2, -0.15) is 4.98 Å². The lowest BCUT2D eigenvalue weighted by atomic mass is 10.2. The fraction of sp³-hybridized carbons (Fsp3) is 0.111. The first kappa shape index (κ1) is 24.2. The molecule has 0 atom stereocenters. The Morgan fingerprint density at radius 2 is 1.89 bits per heavy atom. The molecule has 1 amide bonds. The highest BCUT2D eigenvalue weighted by molar-refractivity contribution is 8.26. The van der Waals surface area contributed by atoms with Crippen LogP contribution in [0.4, 0.5) is 0 Å². The average Bonchev–Trinajstić information content (AvgIpc) is 3.11. The highest BCUT2D eigenvalue weighted by Crippen LogP contribution is 2.35. The standard InChI is InChI=1S/C27H20ClN3O3S2/c1-16-7-5-10-19(13-16)34-24-20(25(32)30-12-6-8-17(2)23(30)29-24)14-22-26(33)31(27(35)36-22)15-18-9-3-4-11-21(18)28/h3-14H,15H2,1-2H3/b22-14+. The quantitative estimate of drug-likeness (QED) is 0.226. The van der Waals surface area contributed by atoms with Crippen molar-refractivity contribution in [2.24, 2.45) is 0 Å². The number of nitrogens with zero attached hydrogens (tertiary/aromatic N) is 3. The number of carbonyl (C=O) groups excluding carboxylic acids is 1. The van der Waals surface area contributed by atoms with Crippen LogP contribution >= 0.6 is 35.6 Å². The molecule has 1 aliphatic heterocycles. The number of carbonyl (C=O) groups is 1. The summed E-state index contributed by atoms with van der Waals surface area (Å²) in [5.74, 6) is 0.359. The number of hydrogen-bond donors (Lipinski definition) is 0. The molecule has 36 heavy (non-hydrogen) atoms. The van der Waals surface area contributed by atoms with E-state index in [-0.39, 0.29) is 29.5 Å². The number of thiocarbonyl (C=S) groups is 1. The first-order valence-electron chi connectivity index (χ1n) is 11.1. The predicted octanol–water partition coefficient (Wildman–Crippen LogP) is 6.16. The van der Waals surface area contributed by atoms with Crippen LogP contribution in [-0.2, 0) is 11.3 Å². The lowest BCUT2D eigenvalue weighted by Gasteiger charge is -2.15. The van der Waals surface area contributed by atoms with Gasteiger partial charge in [-0.25, -0.2) is 0 Å². The maximum absolute atomic E-state index is 13.6. The zero-order valence-electron chi connectivity index (χ0n) is 19.4. The molecule has 5 rings (SSSR count). The van der Waals surface area contributed by atoms with Crippen LogP contribution in [-0.4, -0.2) is 24.5 Å². The number of hydrogen-bond acceptors (Lipinski definition) is 6. The molecule has 0 bridgehead atoms. The molecule has 1 saturated heterocycles. The van der Waals surface area contributed by atoms with Crippen LogP contribution in [0.25, 0.3) is 11.7 Å². The molecule has 2 aromatic heterocycles. The van der Waals surface area contributed by atoms with Gasteiger partial charge in [0.05, 0.1) is 11.4 Å². The van der Waals surface area contributed by atoms with Crippen molar-refractivity contribution in [3.8, 4) is 11.6 Å². The second-order valence-corrected chi connectivity index (χ2v) is 10.4. The zero-order valence-corrected chi connectivity index (χ0v) is 21.8. The number of benzene rings is 2. The third kappa shape index (κ3) is 4.67. The highest BCUT2D eigenvalue weighted by atomic mass is 35.5. The molecule has 4 aromatic rings. The van der Waals surface area contributed by atoms with E-state index in [1.165, 1.54) is 15.4 Å². The van der Waals surface area contributed by atoms with Crippen LogP contribution in [0.3, 0.4) is 0 Å². The molecule has 0 aliphatic carbocycles. The topological polar surface area (TPSA) is 63.9 Å². The molecule has 0 N–H and O–H groups in total. The van der Waals surface area contributed by atoms with Crippen molar-refractivity contribution in [3.63, 3.8) is 0 Å². The van der Waals surface area contributed by atoms with Crippen molar-refractivity contribution in [1.82, 2.24) is 14.3 Å². The number of amides is 1. The molecule has 180 valence electrons. The molecule has 1 fully saturated rings. The number of aromatic nitrogens is 2. The van der Waals surface area contributed by atoms with Crippen LogP contribution in [0.5, 0.6) is 11.6 Å². The normalized spacial score (nSPS) is 14.8. The molecule has 6 nitrogen and oxygen atoms in total. The Labute approximate surface area is 222 Å². The summed E-state index contributed by atoms with van der Waals surface area (Å²) in [6.45, 7) is 4.06. The minimum atomic E-state index is -0.345. The summed E-state index contributed by atoms with van der Waals surface area (Å²) in [5.41, 5.74) is 2.90. The van der Waals surface area contributed by atoms with Crippen LogP contribution in [0.2, 0.25) is 5.02 Å². The summed E-state index contributed by atoms with van der Waals surface area (Å²) in [6, 6.07) is 18.4. The van der Waals surface area contributed by atoms with Crippen LogP contribution in [0.1, 0.15) is 22.3 Å². The predicted molar refractivity (Wildman–Crippen MR) is 148 cm³/mol. The third-order valence-corrected chi connectivity index (χ3v) is 7.44. The molecule has 0 spiro atoms. The first-order valence-corrected chi connectivity index (χ1v) is 12.7. The molecular formula is C27H20ClN3O3S2. The average molecular weight is 534 g/mol. The van der Waals surface area contributed by atoms with Gasteiger partial charge < -0.3 is 4.74 Å². The SMILES string of the molecule is Cc1cccc(Oc2nc3c(C)cccn3c(=O)c2/C=C2/SC(=S)N(Cc3ccccc3Cl)C2=O)c1. The van der Waals surface area contributed by atoms with E-state index in [2.05, 4.69) is 4.98 Å². The lowest BCUT2D eigenvalue weighted by Crippen LogP contribution is -2.27. The summed E-state index contributed by atoms with van der Waals surface area (Å²) >= 11 is 12.9. The maximum Gasteiger partial charge on any atom is 0.269 e. The Kier molecular flexibility index (Phi) is 6.66. The van der Waals surface area contributed by atoms with Gasteiger partial charge in [-0.15, -0.1) is 0 Å². The molecule has 2 aromatic carbocycles. The van der Waals surface area contributed by atoms with Crippen LogP contribution in [0, 0.1) is 13.8 Å². The molecular weight excluding hydrogens is 514 g/mol. The van der Waals surface area contributed by atoms with Crippen molar-refractivity contribution < 1.29 is 9.53 Å². The summed E-state index contributed by atoms with van der Waals surface area (Å²) in [5, 5.41) is 0.553. The Morgan fingerprint density at radius 1 is 1.08 bits per heavy atom. The van der Waals surface area contributed by atoms with Crippen molar-refractivity contribution >= 4 is 57.5 Å².